The fourth-order valence-electron chi connectivity index (χ4n) is 2.64. The van der Waals surface area contributed by atoms with Gasteiger partial charge in [0.25, 0.3) is 0 Å². The molecule has 1 aliphatic heterocycles. The minimum Gasteiger partial charge on any atom is -0.389 e. The molecule has 2 amide bonds. The number of aliphatic hydroxyl groups excluding tert-OH is 1. The van der Waals surface area contributed by atoms with Crippen molar-refractivity contribution in [1.29, 1.82) is 0 Å². The van der Waals surface area contributed by atoms with Gasteiger partial charge in [0.05, 0.1) is 31.5 Å². The fraction of sp³-hybridized carbons (Fsp3) is 0.316. The molecule has 0 aromatic heterocycles. The van der Waals surface area contributed by atoms with Crippen molar-refractivity contribution < 1.29 is 19.0 Å². The predicted octanol–water partition coefficient (Wildman–Crippen LogP) is 3.34. The van der Waals surface area contributed by atoms with E-state index in [-0.39, 0.29) is 25.0 Å². The van der Waals surface area contributed by atoms with Crippen LogP contribution >= 0.6 is 11.8 Å². The van der Waals surface area contributed by atoms with Crippen molar-refractivity contribution in [3.63, 3.8) is 0 Å². The third-order valence-corrected chi connectivity index (χ3v) is 5.13. The molecule has 1 saturated heterocycles. The number of urea groups is 1. The summed E-state index contributed by atoms with van der Waals surface area (Å²) in [6.45, 7) is 1.29. The first-order chi connectivity index (χ1) is 12.6. The van der Waals surface area contributed by atoms with Gasteiger partial charge in [0.15, 0.2) is 0 Å². The molecule has 2 aromatic carbocycles. The minimum atomic E-state index is -0.686. The summed E-state index contributed by atoms with van der Waals surface area (Å²) >= 11 is 1.46. The monoisotopic (exact) mass is 376 g/mol. The number of halogens is 1. The number of benzene rings is 2. The summed E-state index contributed by atoms with van der Waals surface area (Å²) in [6.07, 6.45) is -0.686. The SMILES string of the molecule is O=C(Nc1ccccc1SCc1ccccc1F)N1CCOC[C@@H](O)C1. The van der Waals surface area contributed by atoms with E-state index in [9.17, 15) is 14.3 Å². The highest BCUT2D eigenvalue weighted by Gasteiger charge is 2.21. The Bertz CT molecular complexity index is 759. The van der Waals surface area contributed by atoms with Gasteiger partial charge in [-0.2, -0.15) is 0 Å². The van der Waals surface area contributed by atoms with Gasteiger partial charge in [0, 0.05) is 17.2 Å². The van der Waals surface area contributed by atoms with Crippen LogP contribution in [-0.2, 0) is 10.5 Å². The zero-order valence-corrected chi connectivity index (χ0v) is 15.0. The number of β-amino-alcohol motifs (C(OH)–C–C–N with tert-alkyl or cyclic N) is 1. The molecule has 1 atom stereocenters. The Hall–Kier alpha value is -2.09. The maximum Gasteiger partial charge on any atom is 0.322 e. The van der Waals surface area contributed by atoms with E-state index in [0.29, 0.717) is 30.2 Å². The van der Waals surface area contributed by atoms with E-state index in [2.05, 4.69) is 5.32 Å². The van der Waals surface area contributed by atoms with Gasteiger partial charge in [-0.3, -0.25) is 0 Å². The number of aliphatic hydroxyl groups is 1. The van der Waals surface area contributed by atoms with E-state index in [1.54, 1.807) is 18.2 Å². The second kappa shape index (κ2) is 9.02. The first kappa shape index (κ1) is 18.7. The number of carbonyl (C=O) groups is 1. The van der Waals surface area contributed by atoms with E-state index in [1.165, 1.54) is 22.7 Å². The summed E-state index contributed by atoms with van der Waals surface area (Å²) < 4.78 is 19.0. The molecule has 2 aromatic rings. The average Bonchev–Trinajstić information content (AvgIpc) is 2.87. The van der Waals surface area contributed by atoms with Gasteiger partial charge in [-0.1, -0.05) is 30.3 Å². The highest BCUT2D eigenvalue weighted by atomic mass is 32.2. The Morgan fingerprint density at radius 3 is 2.88 bits per heavy atom. The number of rotatable bonds is 4. The molecule has 3 rings (SSSR count). The lowest BCUT2D eigenvalue weighted by atomic mass is 10.2. The molecule has 1 heterocycles. The van der Waals surface area contributed by atoms with Crippen LogP contribution in [0.5, 0.6) is 0 Å². The van der Waals surface area contributed by atoms with Crippen molar-refractivity contribution in [3.05, 3.63) is 59.9 Å². The van der Waals surface area contributed by atoms with E-state index in [1.807, 2.05) is 24.3 Å². The van der Waals surface area contributed by atoms with Crippen LogP contribution in [0.25, 0.3) is 0 Å². The Kier molecular flexibility index (Phi) is 6.49. The first-order valence-corrected chi connectivity index (χ1v) is 9.39. The minimum absolute atomic E-state index is 0.233. The Balaban J connectivity index is 1.66. The zero-order chi connectivity index (χ0) is 18.4. The first-order valence-electron chi connectivity index (χ1n) is 8.40. The maximum atomic E-state index is 13.8. The quantitative estimate of drug-likeness (QED) is 0.804. The molecule has 0 spiro atoms. The van der Waals surface area contributed by atoms with Gasteiger partial charge in [-0.25, -0.2) is 9.18 Å². The maximum absolute atomic E-state index is 13.8. The molecule has 0 unspecified atom stereocenters. The molecule has 0 aliphatic carbocycles. The third kappa shape index (κ3) is 4.97. The van der Waals surface area contributed by atoms with Gasteiger partial charge in [0.2, 0.25) is 0 Å². The number of nitrogens with one attached hydrogen (secondary N) is 1. The molecular formula is C19H21FN2O3S. The number of ether oxygens (including phenoxy) is 1. The molecule has 0 radical (unpaired) electrons. The van der Waals surface area contributed by atoms with Crippen LogP contribution in [0, 0.1) is 5.82 Å². The fourth-order valence-corrected chi connectivity index (χ4v) is 3.63. The van der Waals surface area contributed by atoms with Crippen molar-refractivity contribution in [2.45, 2.75) is 16.8 Å². The van der Waals surface area contributed by atoms with Crippen molar-refractivity contribution in [2.75, 3.05) is 31.6 Å². The summed E-state index contributed by atoms with van der Waals surface area (Å²) in [5, 5.41) is 12.7. The topological polar surface area (TPSA) is 61.8 Å². The Labute approximate surface area is 156 Å². The van der Waals surface area contributed by atoms with Crippen molar-refractivity contribution >= 4 is 23.5 Å². The number of para-hydroxylation sites is 1. The normalized spacial score (nSPS) is 17.6. The van der Waals surface area contributed by atoms with Crippen molar-refractivity contribution in [1.82, 2.24) is 4.90 Å². The number of hydrogen-bond donors (Lipinski definition) is 2. The molecule has 26 heavy (non-hydrogen) atoms. The number of carbonyl (C=O) groups excluding carboxylic acids is 1. The summed E-state index contributed by atoms with van der Waals surface area (Å²) in [7, 11) is 0. The third-order valence-electron chi connectivity index (χ3n) is 4.00. The summed E-state index contributed by atoms with van der Waals surface area (Å²) in [4.78, 5) is 14.9. The highest BCUT2D eigenvalue weighted by Crippen LogP contribution is 2.30. The predicted molar refractivity (Wildman–Crippen MR) is 99.8 cm³/mol. The van der Waals surface area contributed by atoms with Crippen molar-refractivity contribution in [3.8, 4) is 0 Å². The summed E-state index contributed by atoms with van der Waals surface area (Å²) in [5.41, 5.74) is 1.28. The number of anilines is 1. The van der Waals surface area contributed by atoms with Crippen LogP contribution in [0.3, 0.4) is 0 Å². The number of hydrogen-bond acceptors (Lipinski definition) is 4. The molecule has 138 valence electrons. The van der Waals surface area contributed by atoms with Crippen LogP contribution in [-0.4, -0.2) is 48.4 Å². The second-order valence-electron chi connectivity index (χ2n) is 5.98. The molecule has 1 fully saturated rings. The highest BCUT2D eigenvalue weighted by molar-refractivity contribution is 7.98. The summed E-state index contributed by atoms with van der Waals surface area (Å²) in [6, 6.07) is 13.8. The van der Waals surface area contributed by atoms with Gasteiger partial charge < -0.3 is 20.1 Å². The molecule has 1 aliphatic rings. The van der Waals surface area contributed by atoms with Crippen LogP contribution < -0.4 is 5.32 Å². The van der Waals surface area contributed by atoms with Gasteiger partial charge in [0.1, 0.15) is 5.82 Å². The van der Waals surface area contributed by atoms with E-state index in [4.69, 9.17) is 4.74 Å². The second-order valence-corrected chi connectivity index (χ2v) is 7.00. The summed E-state index contributed by atoms with van der Waals surface area (Å²) in [5.74, 6) is 0.232. The lowest BCUT2D eigenvalue weighted by Gasteiger charge is -2.22. The molecule has 2 N–H and O–H groups in total. The Morgan fingerprint density at radius 1 is 1.27 bits per heavy atom. The smallest absolute Gasteiger partial charge is 0.322 e. The van der Waals surface area contributed by atoms with Crippen LogP contribution in [0.1, 0.15) is 5.56 Å². The standard InChI is InChI=1S/C19H21FN2O3S/c20-16-6-2-1-5-14(16)13-26-18-8-4-3-7-17(18)21-19(24)22-9-10-25-12-15(23)11-22/h1-8,15,23H,9-13H2,(H,21,24)/t15-/m0/s1. The van der Waals surface area contributed by atoms with Crippen LogP contribution in [0.15, 0.2) is 53.4 Å². The van der Waals surface area contributed by atoms with E-state index >= 15 is 0 Å². The lowest BCUT2D eigenvalue weighted by molar-refractivity contribution is 0.0575. The Morgan fingerprint density at radius 2 is 2.04 bits per heavy atom. The van der Waals surface area contributed by atoms with Gasteiger partial charge >= 0.3 is 6.03 Å². The molecule has 7 heteroatoms. The van der Waals surface area contributed by atoms with Crippen LogP contribution in [0.4, 0.5) is 14.9 Å². The number of thioether (sulfide) groups is 1. The average molecular weight is 376 g/mol. The lowest BCUT2D eigenvalue weighted by Crippen LogP contribution is -2.40. The van der Waals surface area contributed by atoms with E-state index in [0.717, 1.165) is 4.90 Å². The molecule has 0 saturated carbocycles. The molecule has 0 bridgehead atoms. The zero-order valence-electron chi connectivity index (χ0n) is 14.2. The largest absolute Gasteiger partial charge is 0.389 e. The molecular weight excluding hydrogens is 355 g/mol. The molecule has 5 nitrogen and oxygen atoms in total. The van der Waals surface area contributed by atoms with Crippen molar-refractivity contribution in [2.24, 2.45) is 0 Å². The van der Waals surface area contributed by atoms with E-state index < -0.39 is 6.10 Å². The van der Waals surface area contributed by atoms with Gasteiger partial charge in [-0.05, 0) is 23.8 Å². The van der Waals surface area contributed by atoms with Crippen LogP contribution in [0.2, 0.25) is 0 Å². The van der Waals surface area contributed by atoms with Gasteiger partial charge in [-0.15, -0.1) is 11.8 Å². The number of amides is 2. The number of nitrogens with zero attached hydrogens (tertiary/aromatic N) is 1.